The lowest BCUT2D eigenvalue weighted by atomic mass is 9.68. The fourth-order valence-electron chi connectivity index (χ4n) is 3.89. The fourth-order valence-corrected chi connectivity index (χ4v) is 4.32. The van der Waals surface area contributed by atoms with E-state index in [1.54, 1.807) is 12.1 Å². The lowest BCUT2D eigenvalue weighted by Gasteiger charge is -2.45. The summed E-state index contributed by atoms with van der Waals surface area (Å²) in [4.78, 5) is 2.14. The molecule has 1 saturated carbocycles. The maximum atomic E-state index is 14.4. The molecule has 0 aromatic heterocycles. The van der Waals surface area contributed by atoms with Crippen LogP contribution in [0.4, 0.5) is 10.1 Å². The highest BCUT2D eigenvalue weighted by molar-refractivity contribution is 9.10. The van der Waals surface area contributed by atoms with Crippen LogP contribution in [0.25, 0.3) is 0 Å². The van der Waals surface area contributed by atoms with Gasteiger partial charge in [-0.2, -0.15) is 5.26 Å². The van der Waals surface area contributed by atoms with Gasteiger partial charge in [0.15, 0.2) is 5.82 Å². The maximum Gasteiger partial charge on any atom is 0.161 e. The molecule has 1 aliphatic carbocycles. The number of halogens is 2. The van der Waals surface area contributed by atoms with Crippen LogP contribution in [0.5, 0.6) is 0 Å². The van der Waals surface area contributed by atoms with Crippen LogP contribution in [0.3, 0.4) is 0 Å². The summed E-state index contributed by atoms with van der Waals surface area (Å²) in [6, 6.07) is 5.46. The largest absolute Gasteiger partial charge is 0.369 e. The SMILES string of the molecule is N#Cc1ccc(N2CCC3(CCCCC3)CC2)c(F)c1Br. The monoisotopic (exact) mass is 350 g/mol. The van der Waals surface area contributed by atoms with Crippen LogP contribution in [0.15, 0.2) is 16.6 Å². The van der Waals surface area contributed by atoms with Crippen molar-refractivity contribution in [3.8, 4) is 6.07 Å². The second-order valence-corrected chi connectivity index (χ2v) is 7.21. The summed E-state index contributed by atoms with van der Waals surface area (Å²) in [6.07, 6.45) is 9.13. The summed E-state index contributed by atoms with van der Waals surface area (Å²) in [6.45, 7) is 1.85. The minimum atomic E-state index is -0.298. The summed E-state index contributed by atoms with van der Waals surface area (Å²) < 4.78 is 14.7. The summed E-state index contributed by atoms with van der Waals surface area (Å²) in [5, 5.41) is 8.95. The molecule has 1 aromatic carbocycles. The van der Waals surface area contributed by atoms with E-state index in [-0.39, 0.29) is 5.82 Å². The second-order valence-electron chi connectivity index (χ2n) is 6.42. The van der Waals surface area contributed by atoms with Gasteiger partial charge < -0.3 is 4.90 Å². The molecule has 0 atom stereocenters. The number of hydrogen-bond acceptors (Lipinski definition) is 2. The smallest absolute Gasteiger partial charge is 0.161 e. The van der Waals surface area contributed by atoms with Crippen LogP contribution in [0.1, 0.15) is 50.5 Å². The van der Waals surface area contributed by atoms with Crippen molar-refractivity contribution >= 4 is 21.6 Å². The van der Waals surface area contributed by atoms with Gasteiger partial charge in [0.25, 0.3) is 0 Å². The lowest BCUT2D eigenvalue weighted by molar-refractivity contribution is 0.144. The summed E-state index contributed by atoms with van der Waals surface area (Å²) in [7, 11) is 0. The van der Waals surface area contributed by atoms with Gasteiger partial charge in [0, 0.05) is 13.1 Å². The molecular weight excluding hydrogens is 331 g/mol. The molecule has 0 unspecified atom stereocenters. The Morgan fingerprint density at radius 2 is 1.76 bits per heavy atom. The van der Waals surface area contributed by atoms with Gasteiger partial charge in [0.2, 0.25) is 0 Å². The Labute approximate surface area is 134 Å². The molecule has 2 nitrogen and oxygen atoms in total. The van der Waals surface area contributed by atoms with Crippen molar-refractivity contribution < 1.29 is 4.39 Å². The van der Waals surface area contributed by atoms with E-state index in [9.17, 15) is 4.39 Å². The lowest BCUT2D eigenvalue weighted by Crippen LogP contribution is -2.41. The molecule has 0 N–H and O–H groups in total. The van der Waals surface area contributed by atoms with E-state index in [1.165, 1.54) is 44.9 Å². The number of nitriles is 1. The highest BCUT2D eigenvalue weighted by Gasteiger charge is 2.36. The Kier molecular flexibility index (Phi) is 4.21. The zero-order chi connectivity index (χ0) is 14.9. The van der Waals surface area contributed by atoms with E-state index < -0.39 is 0 Å². The summed E-state index contributed by atoms with van der Waals surface area (Å²) in [5.41, 5.74) is 1.51. The van der Waals surface area contributed by atoms with E-state index in [0.29, 0.717) is 21.1 Å². The van der Waals surface area contributed by atoms with Gasteiger partial charge in [-0.1, -0.05) is 19.3 Å². The van der Waals surface area contributed by atoms with Crippen molar-refractivity contribution in [2.24, 2.45) is 5.41 Å². The molecule has 3 rings (SSSR count). The Morgan fingerprint density at radius 1 is 1.10 bits per heavy atom. The van der Waals surface area contributed by atoms with Gasteiger partial charge in [0.05, 0.1) is 15.7 Å². The molecule has 1 aromatic rings. The third-order valence-electron chi connectivity index (χ3n) is 5.26. The molecule has 21 heavy (non-hydrogen) atoms. The van der Waals surface area contributed by atoms with Crippen LogP contribution in [-0.2, 0) is 0 Å². The van der Waals surface area contributed by atoms with Gasteiger partial charge in [-0.3, -0.25) is 0 Å². The topological polar surface area (TPSA) is 27.0 Å². The third kappa shape index (κ3) is 2.81. The van der Waals surface area contributed by atoms with E-state index in [1.807, 2.05) is 6.07 Å². The van der Waals surface area contributed by atoms with Crippen LogP contribution in [0.2, 0.25) is 0 Å². The Morgan fingerprint density at radius 3 is 2.38 bits per heavy atom. The third-order valence-corrected chi connectivity index (χ3v) is 6.04. The first-order valence-corrected chi connectivity index (χ1v) is 8.58. The molecular formula is C17H20BrFN2. The van der Waals surface area contributed by atoms with Gasteiger partial charge >= 0.3 is 0 Å². The number of nitrogens with zero attached hydrogens (tertiary/aromatic N) is 2. The van der Waals surface area contributed by atoms with Crippen molar-refractivity contribution in [3.63, 3.8) is 0 Å². The first-order chi connectivity index (χ1) is 10.2. The molecule has 112 valence electrons. The quantitative estimate of drug-likeness (QED) is 0.711. The molecule has 0 bridgehead atoms. The Balaban J connectivity index is 1.75. The molecule has 1 spiro atoms. The average Bonchev–Trinajstić information content (AvgIpc) is 2.52. The van der Waals surface area contributed by atoms with Gasteiger partial charge in [-0.15, -0.1) is 0 Å². The second kappa shape index (κ2) is 5.96. The predicted octanol–water partition coefficient (Wildman–Crippen LogP) is 5.01. The van der Waals surface area contributed by atoms with Gasteiger partial charge in [-0.05, 0) is 59.2 Å². The van der Waals surface area contributed by atoms with Crippen molar-refractivity contribution in [3.05, 3.63) is 28.0 Å². The van der Waals surface area contributed by atoms with Crippen molar-refractivity contribution in [2.45, 2.75) is 44.9 Å². The number of hydrogen-bond donors (Lipinski definition) is 0. The number of anilines is 1. The van der Waals surface area contributed by atoms with E-state index in [2.05, 4.69) is 20.8 Å². The van der Waals surface area contributed by atoms with E-state index >= 15 is 0 Å². The number of benzene rings is 1. The molecule has 0 radical (unpaired) electrons. The zero-order valence-corrected chi connectivity index (χ0v) is 13.8. The van der Waals surface area contributed by atoms with E-state index in [4.69, 9.17) is 5.26 Å². The highest BCUT2D eigenvalue weighted by Crippen LogP contribution is 2.45. The first-order valence-electron chi connectivity index (χ1n) is 7.78. The Hall–Kier alpha value is -1.08. The molecule has 4 heteroatoms. The molecule has 2 aliphatic rings. The normalized spacial score (nSPS) is 21.3. The number of piperidine rings is 1. The first kappa shape index (κ1) is 14.8. The highest BCUT2D eigenvalue weighted by atomic mass is 79.9. The van der Waals surface area contributed by atoms with Crippen molar-refractivity contribution in [1.29, 1.82) is 5.26 Å². The maximum absolute atomic E-state index is 14.4. The Bertz CT molecular complexity index is 563. The predicted molar refractivity (Wildman–Crippen MR) is 85.8 cm³/mol. The summed E-state index contributed by atoms with van der Waals surface area (Å²) in [5.74, 6) is -0.298. The molecule has 2 fully saturated rings. The van der Waals surface area contributed by atoms with Crippen molar-refractivity contribution in [2.75, 3.05) is 18.0 Å². The molecule has 0 amide bonds. The molecule has 1 aliphatic heterocycles. The standard InChI is InChI=1S/C17H20BrFN2/c18-15-13(12-20)4-5-14(16(15)19)21-10-8-17(9-11-21)6-2-1-3-7-17/h4-5H,1-3,6-11H2. The van der Waals surface area contributed by atoms with Crippen LogP contribution in [-0.4, -0.2) is 13.1 Å². The van der Waals surface area contributed by atoms with Gasteiger partial charge in [-0.25, -0.2) is 4.39 Å². The zero-order valence-electron chi connectivity index (χ0n) is 12.2. The molecule has 1 heterocycles. The average molecular weight is 351 g/mol. The van der Waals surface area contributed by atoms with Crippen LogP contribution < -0.4 is 4.90 Å². The minimum Gasteiger partial charge on any atom is -0.369 e. The summed E-state index contributed by atoms with van der Waals surface area (Å²) >= 11 is 3.20. The number of rotatable bonds is 1. The molecule has 1 saturated heterocycles. The minimum absolute atomic E-state index is 0.292. The fraction of sp³-hybridized carbons (Fsp3) is 0.588. The van der Waals surface area contributed by atoms with Crippen LogP contribution >= 0.6 is 15.9 Å². The van der Waals surface area contributed by atoms with Crippen molar-refractivity contribution in [1.82, 2.24) is 0 Å². The van der Waals surface area contributed by atoms with Gasteiger partial charge in [0.1, 0.15) is 6.07 Å². The van der Waals surface area contributed by atoms with Crippen LogP contribution in [0, 0.1) is 22.6 Å². The van der Waals surface area contributed by atoms with E-state index in [0.717, 1.165) is 13.1 Å².